The van der Waals surface area contributed by atoms with E-state index in [-0.39, 0.29) is 44.1 Å². The maximum Gasteiger partial charge on any atom is 0.407 e. The molecule has 0 spiro atoms. The molecule has 0 radical (unpaired) electrons. The molecule has 0 aliphatic heterocycles. The van der Waals surface area contributed by atoms with Gasteiger partial charge in [-0.15, -0.1) is 0 Å². The highest BCUT2D eigenvalue weighted by Crippen LogP contribution is 2.15. The van der Waals surface area contributed by atoms with E-state index >= 15 is 0 Å². The second-order valence-corrected chi connectivity index (χ2v) is 10.5. The maximum atomic E-state index is 13.8. The van der Waals surface area contributed by atoms with Crippen LogP contribution >= 0.6 is 0 Å². The van der Waals surface area contributed by atoms with Crippen molar-refractivity contribution in [3.63, 3.8) is 0 Å². The highest BCUT2D eigenvalue weighted by atomic mass is 16.5. The number of nitrogens with zero attached hydrogens (tertiary/aromatic N) is 2. The summed E-state index contributed by atoms with van der Waals surface area (Å²) < 4.78 is 4.94. The molecule has 45 heavy (non-hydrogen) atoms. The van der Waals surface area contributed by atoms with Crippen LogP contribution in [0, 0.1) is 5.92 Å². The SMILES string of the molecule is CCOC(=O)N[C@H](Cc1ccc(O)cc1)C(=O)N(C)[C@@H](CCCN=C(N)N)C(=O)N[C@@H](CC(N)=O)C(=O)N[C@H](C(=O)O)C(C)C. The molecule has 0 fully saturated rings. The van der Waals surface area contributed by atoms with E-state index in [9.17, 15) is 39.0 Å². The van der Waals surface area contributed by atoms with Crippen LogP contribution in [0.5, 0.6) is 5.75 Å². The van der Waals surface area contributed by atoms with Crippen molar-refractivity contribution >= 4 is 41.7 Å². The fourth-order valence-electron chi connectivity index (χ4n) is 4.22. The van der Waals surface area contributed by atoms with Gasteiger partial charge in [-0.3, -0.25) is 24.2 Å². The van der Waals surface area contributed by atoms with Gasteiger partial charge in [0.05, 0.1) is 13.0 Å². The number of carboxylic acid groups (broad SMARTS) is 1. The Balaban J connectivity index is 3.38. The number of carbonyl (C=O) groups excluding carboxylic acids is 5. The standard InChI is InChI=1S/C28H44N8O9/c1-5-45-28(44)34-19(13-16-8-10-17(37)11-9-16)25(41)36(4)20(7-6-12-32-27(30)31)24(40)33-18(14-21(29)38)23(39)35-22(15(2)3)26(42)43/h8-11,15,18-20,22,37H,5-7,12-14H2,1-4H3,(H2,29,38)(H,33,40)(H,34,44)(H,35,39)(H,42,43)(H4,30,31,32)/t18-,19+,20-,22-/m0/s1. The molecule has 17 heteroatoms. The number of likely N-dealkylation sites (N-methyl/N-ethyl adjacent to an activating group) is 1. The Labute approximate surface area is 260 Å². The minimum atomic E-state index is -1.57. The summed E-state index contributed by atoms with van der Waals surface area (Å²) >= 11 is 0. The first kappa shape index (κ1) is 37.9. The summed E-state index contributed by atoms with van der Waals surface area (Å²) in [6.07, 6.45) is -1.40. The number of rotatable bonds is 18. The van der Waals surface area contributed by atoms with Crippen molar-refractivity contribution in [1.82, 2.24) is 20.9 Å². The first-order valence-corrected chi connectivity index (χ1v) is 14.2. The minimum Gasteiger partial charge on any atom is -0.508 e. The number of amides is 5. The molecule has 4 atom stereocenters. The van der Waals surface area contributed by atoms with Crippen LogP contribution in [-0.2, 0) is 35.1 Å². The summed E-state index contributed by atoms with van der Waals surface area (Å²) in [5.41, 5.74) is 16.6. The lowest BCUT2D eigenvalue weighted by Gasteiger charge is -2.32. The summed E-state index contributed by atoms with van der Waals surface area (Å²) in [4.78, 5) is 81.1. The van der Waals surface area contributed by atoms with Crippen LogP contribution in [0.15, 0.2) is 29.3 Å². The molecule has 0 aliphatic rings. The fraction of sp³-hybridized carbons (Fsp3) is 0.536. The molecule has 0 heterocycles. The maximum absolute atomic E-state index is 13.8. The molecule has 5 amide bonds. The molecule has 0 aliphatic carbocycles. The highest BCUT2D eigenvalue weighted by Gasteiger charge is 2.35. The first-order chi connectivity index (χ1) is 21.1. The predicted molar refractivity (Wildman–Crippen MR) is 162 cm³/mol. The van der Waals surface area contributed by atoms with Crippen molar-refractivity contribution in [3.05, 3.63) is 29.8 Å². The number of hydrogen-bond acceptors (Lipinski definition) is 9. The number of alkyl carbamates (subject to hydrolysis) is 1. The van der Waals surface area contributed by atoms with E-state index in [0.29, 0.717) is 5.56 Å². The van der Waals surface area contributed by atoms with Gasteiger partial charge in [0, 0.05) is 20.0 Å². The molecule has 0 saturated heterocycles. The molecule has 17 nitrogen and oxygen atoms in total. The Morgan fingerprint density at radius 2 is 1.58 bits per heavy atom. The third-order valence-corrected chi connectivity index (χ3v) is 6.56. The van der Waals surface area contributed by atoms with Gasteiger partial charge in [-0.25, -0.2) is 9.59 Å². The van der Waals surface area contributed by atoms with Crippen LogP contribution in [0.3, 0.4) is 0 Å². The van der Waals surface area contributed by atoms with E-state index < -0.39 is 72.2 Å². The molecule has 0 aromatic heterocycles. The number of ether oxygens (including phenoxy) is 1. The number of hydrogen-bond donors (Lipinski definition) is 8. The molecular formula is C28H44N8O9. The van der Waals surface area contributed by atoms with E-state index in [2.05, 4.69) is 20.9 Å². The number of primary amides is 1. The summed E-state index contributed by atoms with van der Waals surface area (Å²) in [6, 6.07) is 0.530. The highest BCUT2D eigenvalue weighted by molar-refractivity contribution is 5.96. The van der Waals surface area contributed by atoms with Crippen molar-refractivity contribution in [2.24, 2.45) is 28.1 Å². The molecular weight excluding hydrogens is 592 g/mol. The van der Waals surface area contributed by atoms with E-state index in [4.69, 9.17) is 21.9 Å². The number of nitrogens with two attached hydrogens (primary N) is 3. The van der Waals surface area contributed by atoms with E-state index in [1.165, 1.54) is 19.2 Å². The first-order valence-electron chi connectivity index (χ1n) is 14.2. The van der Waals surface area contributed by atoms with Gasteiger partial charge in [0.25, 0.3) is 0 Å². The molecule has 11 N–H and O–H groups in total. The molecule has 0 unspecified atom stereocenters. The zero-order valence-electron chi connectivity index (χ0n) is 25.8. The number of carbonyl (C=O) groups is 6. The van der Waals surface area contributed by atoms with Gasteiger partial charge in [-0.05, 0) is 43.4 Å². The Morgan fingerprint density at radius 1 is 0.956 bits per heavy atom. The number of phenolic OH excluding ortho intramolecular Hbond substituents is 1. The third kappa shape index (κ3) is 13.4. The molecule has 0 saturated carbocycles. The Kier molecular flexibility index (Phi) is 15.6. The Hall–Kier alpha value is -5.09. The van der Waals surface area contributed by atoms with Gasteiger partial charge in [0.15, 0.2) is 5.96 Å². The Morgan fingerprint density at radius 3 is 2.09 bits per heavy atom. The average molecular weight is 637 g/mol. The number of aliphatic carboxylic acids is 1. The number of benzene rings is 1. The van der Waals surface area contributed by atoms with Crippen LogP contribution in [0.1, 0.15) is 45.6 Å². The number of carboxylic acids is 1. The summed E-state index contributed by atoms with van der Waals surface area (Å²) in [5.74, 6) is -5.54. The minimum absolute atomic E-state index is 0.00720. The zero-order valence-corrected chi connectivity index (χ0v) is 25.8. The van der Waals surface area contributed by atoms with Crippen LogP contribution < -0.4 is 33.2 Å². The van der Waals surface area contributed by atoms with Gasteiger partial charge in [-0.1, -0.05) is 26.0 Å². The second-order valence-electron chi connectivity index (χ2n) is 10.5. The van der Waals surface area contributed by atoms with Crippen molar-refractivity contribution in [2.75, 3.05) is 20.2 Å². The number of nitrogens with one attached hydrogen (secondary N) is 3. The lowest BCUT2D eigenvalue weighted by Crippen LogP contribution is -2.59. The van der Waals surface area contributed by atoms with E-state index in [1.807, 2.05) is 0 Å². The topological polar surface area (TPSA) is 282 Å². The lowest BCUT2D eigenvalue weighted by atomic mass is 10.0. The number of phenols is 1. The van der Waals surface area contributed by atoms with Crippen LogP contribution in [-0.4, -0.2) is 101 Å². The average Bonchev–Trinajstić information content (AvgIpc) is 2.94. The van der Waals surface area contributed by atoms with Crippen LogP contribution in [0.2, 0.25) is 0 Å². The van der Waals surface area contributed by atoms with E-state index in [1.54, 1.807) is 32.9 Å². The number of aromatic hydroxyl groups is 1. The van der Waals surface area contributed by atoms with Gasteiger partial charge < -0.3 is 53.0 Å². The van der Waals surface area contributed by atoms with E-state index in [0.717, 1.165) is 4.90 Å². The molecule has 1 aromatic carbocycles. The fourth-order valence-corrected chi connectivity index (χ4v) is 4.22. The monoisotopic (exact) mass is 636 g/mol. The van der Waals surface area contributed by atoms with Crippen LogP contribution in [0.25, 0.3) is 0 Å². The zero-order chi connectivity index (χ0) is 34.3. The normalized spacial score (nSPS) is 13.4. The Bertz CT molecular complexity index is 1220. The van der Waals surface area contributed by atoms with Crippen LogP contribution in [0.4, 0.5) is 4.79 Å². The molecule has 1 aromatic rings. The quantitative estimate of drug-likeness (QED) is 0.0522. The summed E-state index contributed by atoms with van der Waals surface area (Å²) in [6.45, 7) is 4.82. The largest absolute Gasteiger partial charge is 0.508 e. The second kappa shape index (κ2) is 18.5. The number of aliphatic imine (C=N–C) groups is 1. The molecule has 250 valence electrons. The summed E-state index contributed by atoms with van der Waals surface area (Å²) in [7, 11) is 1.31. The van der Waals surface area contributed by atoms with Crippen molar-refractivity contribution in [3.8, 4) is 5.75 Å². The van der Waals surface area contributed by atoms with Crippen molar-refractivity contribution < 1.29 is 43.7 Å². The van der Waals surface area contributed by atoms with Gasteiger partial charge >= 0.3 is 12.1 Å². The molecule has 0 bridgehead atoms. The molecule has 1 rings (SSSR count). The van der Waals surface area contributed by atoms with Crippen molar-refractivity contribution in [2.45, 2.75) is 70.6 Å². The summed E-state index contributed by atoms with van der Waals surface area (Å²) in [5, 5.41) is 26.3. The smallest absolute Gasteiger partial charge is 0.407 e. The lowest BCUT2D eigenvalue weighted by molar-refractivity contribution is -0.144. The van der Waals surface area contributed by atoms with Gasteiger partial charge in [0.1, 0.15) is 29.9 Å². The third-order valence-electron chi connectivity index (χ3n) is 6.56. The van der Waals surface area contributed by atoms with Crippen molar-refractivity contribution in [1.29, 1.82) is 0 Å². The number of guanidine groups is 1. The van der Waals surface area contributed by atoms with Gasteiger partial charge in [-0.2, -0.15) is 0 Å². The van der Waals surface area contributed by atoms with Gasteiger partial charge in [0.2, 0.25) is 23.6 Å². The predicted octanol–water partition coefficient (Wildman–Crippen LogP) is -1.48.